The highest BCUT2D eigenvalue weighted by Crippen LogP contribution is 1.95. The summed E-state index contributed by atoms with van der Waals surface area (Å²) >= 11 is 0. The molecule has 4 N–H and O–H groups in total. The Morgan fingerprint density at radius 3 is 2.67 bits per heavy atom. The summed E-state index contributed by atoms with van der Waals surface area (Å²) in [7, 11) is 0. The number of aromatic amines is 1. The van der Waals surface area contributed by atoms with Crippen LogP contribution in [0.15, 0.2) is 16.9 Å². The molecule has 0 aromatic carbocycles. The van der Waals surface area contributed by atoms with E-state index < -0.39 is 23.5 Å². The van der Waals surface area contributed by atoms with Gasteiger partial charge in [0.1, 0.15) is 5.56 Å². The number of aromatic nitrogens is 1. The van der Waals surface area contributed by atoms with Crippen molar-refractivity contribution in [3.05, 3.63) is 33.7 Å². The van der Waals surface area contributed by atoms with E-state index in [1.807, 2.05) is 0 Å². The Balaban J connectivity index is 2.56. The molecule has 1 rings (SSSR count). The molecule has 0 aliphatic rings. The molecule has 0 saturated carbocycles. The number of pyridine rings is 1. The number of hydrogen-bond donors (Lipinski definition) is 4. The fraction of sp³-hybridized carbons (Fsp3) is 0.364. The van der Waals surface area contributed by atoms with Gasteiger partial charge in [-0.25, -0.2) is 4.79 Å². The van der Waals surface area contributed by atoms with Crippen LogP contribution in [0, 0.1) is 6.92 Å². The van der Waals surface area contributed by atoms with E-state index in [-0.39, 0.29) is 18.5 Å². The minimum Gasteiger partial charge on any atom is -0.479 e. The quantitative estimate of drug-likeness (QED) is 0.551. The normalized spacial score (nSPS) is 11.9. The van der Waals surface area contributed by atoms with Crippen molar-refractivity contribution in [1.29, 1.82) is 0 Å². The molecule has 18 heavy (non-hydrogen) atoms. The van der Waals surface area contributed by atoms with Crippen molar-refractivity contribution < 1.29 is 19.8 Å². The summed E-state index contributed by atoms with van der Waals surface area (Å²) in [6.45, 7) is 1.66. The van der Waals surface area contributed by atoms with Crippen LogP contribution in [0.5, 0.6) is 0 Å². The van der Waals surface area contributed by atoms with Crippen LogP contribution in [-0.4, -0.2) is 39.7 Å². The number of amides is 1. The Bertz CT molecular complexity index is 508. The molecule has 7 nitrogen and oxygen atoms in total. The number of H-pyrrole nitrogens is 1. The van der Waals surface area contributed by atoms with Crippen molar-refractivity contribution in [3.63, 3.8) is 0 Å². The first kappa shape index (κ1) is 13.9. The summed E-state index contributed by atoms with van der Waals surface area (Å²) in [5.41, 5.74) is 0.0783. The molecule has 98 valence electrons. The van der Waals surface area contributed by atoms with Crippen molar-refractivity contribution >= 4 is 11.9 Å². The third kappa shape index (κ3) is 3.70. The van der Waals surface area contributed by atoms with E-state index in [4.69, 9.17) is 10.2 Å². The molecule has 0 spiro atoms. The number of carboxylic acids is 1. The molecular weight excluding hydrogens is 240 g/mol. The Morgan fingerprint density at radius 1 is 1.44 bits per heavy atom. The highest BCUT2D eigenvalue weighted by molar-refractivity contribution is 5.93. The molecule has 0 bridgehead atoms. The first-order valence-electron chi connectivity index (χ1n) is 5.31. The zero-order valence-electron chi connectivity index (χ0n) is 9.77. The van der Waals surface area contributed by atoms with Crippen LogP contribution in [0.25, 0.3) is 0 Å². The number of hydrogen-bond acceptors (Lipinski definition) is 4. The van der Waals surface area contributed by atoms with Gasteiger partial charge in [-0.1, -0.05) is 0 Å². The molecule has 7 heteroatoms. The summed E-state index contributed by atoms with van der Waals surface area (Å²) in [5, 5.41) is 19.8. The summed E-state index contributed by atoms with van der Waals surface area (Å²) in [6.07, 6.45) is -1.65. The molecule has 0 radical (unpaired) electrons. The standard InChI is InChI=1S/C11H14N2O5/c1-6-2-3-7(10(16)13-6)9(15)12-5-4-8(14)11(17)18/h2-3,8,14H,4-5H2,1H3,(H,12,15)(H,13,16)(H,17,18)/t8-/m0/s1. The van der Waals surface area contributed by atoms with Crippen LogP contribution in [0.1, 0.15) is 22.5 Å². The number of aliphatic carboxylic acids is 1. The molecule has 0 unspecified atom stereocenters. The largest absolute Gasteiger partial charge is 0.479 e. The zero-order chi connectivity index (χ0) is 13.7. The first-order chi connectivity index (χ1) is 8.41. The molecule has 1 aromatic heterocycles. The Morgan fingerprint density at radius 2 is 2.11 bits per heavy atom. The van der Waals surface area contributed by atoms with Crippen LogP contribution in [0.3, 0.4) is 0 Å². The van der Waals surface area contributed by atoms with Crippen LogP contribution >= 0.6 is 0 Å². The number of aliphatic hydroxyl groups excluding tert-OH is 1. The van der Waals surface area contributed by atoms with Gasteiger partial charge in [0.15, 0.2) is 6.10 Å². The molecular formula is C11H14N2O5. The summed E-state index contributed by atoms with van der Waals surface area (Å²) < 4.78 is 0. The second kappa shape index (κ2) is 5.97. The van der Waals surface area contributed by atoms with Crippen molar-refractivity contribution in [2.45, 2.75) is 19.4 Å². The number of aliphatic hydroxyl groups is 1. The van der Waals surface area contributed by atoms with Gasteiger partial charge in [-0.3, -0.25) is 9.59 Å². The van der Waals surface area contributed by atoms with Crippen LogP contribution in [0.2, 0.25) is 0 Å². The van der Waals surface area contributed by atoms with E-state index in [9.17, 15) is 14.4 Å². The smallest absolute Gasteiger partial charge is 0.332 e. The van der Waals surface area contributed by atoms with Gasteiger partial charge in [-0.2, -0.15) is 0 Å². The fourth-order valence-electron chi connectivity index (χ4n) is 1.29. The molecule has 1 heterocycles. The minimum absolute atomic E-state index is 0.0282. The Labute approximate surface area is 102 Å². The molecule has 0 saturated heterocycles. The van der Waals surface area contributed by atoms with Gasteiger partial charge in [-0.15, -0.1) is 0 Å². The summed E-state index contributed by atoms with van der Waals surface area (Å²) in [4.78, 5) is 35.8. The highest BCUT2D eigenvalue weighted by Gasteiger charge is 2.14. The Kier molecular flexibility index (Phi) is 4.61. The van der Waals surface area contributed by atoms with Crippen LogP contribution < -0.4 is 10.9 Å². The van der Waals surface area contributed by atoms with E-state index in [0.717, 1.165) is 0 Å². The maximum absolute atomic E-state index is 11.6. The lowest BCUT2D eigenvalue weighted by atomic mass is 10.2. The molecule has 0 fully saturated rings. The van der Waals surface area contributed by atoms with E-state index in [1.165, 1.54) is 6.07 Å². The average molecular weight is 254 g/mol. The summed E-state index contributed by atoms with van der Waals surface area (Å²) in [5.74, 6) is -1.95. The maximum Gasteiger partial charge on any atom is 0.332 e. The number of carbonyl (C=O) groups is 2. The molecule has 1 amide bonds. The predicted molar refractivity (Wildman–Crippen MR) is 62.4 cm³/mol. The van der Waals surface area contributed by atoms with Crippen molar-refractivity contribution in [1.82, 2.24) is 10.3 Å². The van der Waals surface area contributed by atoms with Gasteiger partial charge in [-0.05, 0) is 19.1 Å². The topological polar surface area (TPSA) is 119 Å². The van der Waals surface area contributed by atoms with Gasteiger partial charge in [0, 0.05) is 18.7 Å². The lowest BCUT2D eigenvalue weighted by Gasteiger charge is -2.07. The number of rotatable bonds is 5. The number of nitrogens with one attached hydrogen (secondary N) is 2. The lowest BCUT2D eigenvalue weighted by Crippen LogP contribution is -2.33. The third-order valence-electron chi connectivity index (χ3n) is 2.29. The van der Waals surface area contributed by atoms with Crippen LogP contribution in [0.4, 0.5) is 0 Å². The van der Waals surface area contributed by atoms with Crippen molar-refractivity contribution in [3.8, 4) is 0 Å². The van der Waals surface area contributed by atoms with E-state index >= 15 is 0 Å². The number of aryl methyl sites for hydroxylation is 1. The lowest BCUT2D eigenvalue weighted by molar-refractivity contribution is -0.146. The first-order valence-corrected chi connectivity index (χ1v) is 5.31. The second-order valence-electron chi connectivity index (χ2n) is 3.78. The number of carbonyl (C=O) groups excluding carboxylic acids is 1. The highest BCUT2D eigenvalue weighted by atomic mass is 16.4. The zero-order valence-corrected chi connectivity index (χ0v) is 9.77. The van der Waals surface area contributed by atoms with Crippen LogP contribution in [-0.2, 0) is 4.79 Å². The molecule has 0 aliphatic carbocycles. The van der Waals surface area contributed by atoms with Gasteiger partial charge < -0.3 is 20.5 Å². The third-order valence-corrected chi connectivity index (χ3v) is 2.29. The van der Waals surface area contributed by atoms with Gasteiger partial charge in [0.2, 0.25) is 0 Å². The molecule has 1 atom stereocenters. The van der Waals surface area contributed by atoms with Crippen molar-refractivity contribution in [2.24, 2.45) is 0 Å². The van der Waals surface area contributed by atoms with E-state index in [0.29, 0.717) is 5.69 Å². The van der Waals surface area contributed by atoms with E-state index in [2.05, 4.69) is 10.3 Å². The monoisotopic (exact) mass is 254 g/mol. The fourth-order valence-corrected chi connectivity index (χ4v) is 1.29. The predicted octanol–water partition coefficient (Wildman–Crippen LogP) is -0.751. The maximum atomic E-state index is 11.6. The second-order valence-corrected chi connectivity index (χ2v) is 3.78. The summed E-state index contributed by atoms with van der Waals surface area (Å²) in [6, 6.07) is 2.97. The van der Waals surface area contributed by atoms with Gasteiger partial charge in [0.05, 0.1) is 0 Å². The molecule has 0 aliphatic heterocycles. The Hall–Kier alpha value is -2.15. The number of carboxylic acid groups (broad SMARTS) is 1. The minimum atomic E-state index is -1.53. The van der Waals surface area contributed by atoms with Gasteiger partial charge in [0.25, 0.3) is 11.5 Å². The SMILES string of the molecule is Cc1ccc(C(=O)NCC[C@H](O)C(=O)O)c(=O)[nH]1. The van der Waals surface area contributed by atoms with E-state index in [1.54, 1.807) is 13.0 Å². The van der Waals surface area contributed by atoms with Gasteiger partial charge >= 0.3 is 5.97 Å². The van der Waals surface area contributed by atoms with Crippen molar-refractivity contribution in [2.75, 3.05) is 6.54 Å². The molecule has 1 aromatic rings. The average Bonchev–Trinajstić information content (AvgIpc) is 2.28.